The van der Waals surface area contributed by atoms with Crippen LogP contribution in [-0.2, 0) is 19.1 Å². The molecule has 0 aromatic rings. The molecule has 2 amide bonds. The van der Waals surface area contributed by atoms with E-state index in [0.717, 1.165) is 0 Å². The lowest BCUT2D eigenvalue weighted by atomic mass is 10.0. The first-order chi connectivity index (χ1) is 9.92. The number of carboxylic acid groups (broad SMARTS) is 1. The van der Waals surface area contributed by atoms with Crippen LogP contribution in [0.4, 0.5) is 4.79 Å². The number of carbonyl (C=O) groups excluding carboxylic acids is 2. The highest BCUT2D eigenvalue weighted by molar-refractivity contribution is 5.83. The molecule has 0 saturated carbocycles. The summed E-state index contributed by atoms with van der Waals surface area (Å²) in [5.74, 6) is -1.70. The Kier molecular flexibility index (Phi) is 6.93. The third kappa shape index (κ3) is 6.44. The van der Waals surface area contributed by atoms with Gasteiger partial charge in [-0.25, -0.2) is 9.59 Å². The van der Waals surface area contributed by atoms with Gasteiger partial charge in [-0.15, -0.1) is 0 Å². The zero-order valence-corrected chi connectivity index (χ0v) is 12.3. The molecule has 1 rings (SSSR count). The third-order valence-electron chi connectivity index (χ3n) is 3.29. The van der Waals surface area contributed by atoms with Gasteiger partial charge >= 0.3 is 18.0 Å². The normalized spacial score (nSPS) is 23.0. The van der Waals surface area contributed by atoms with E-state index in [1.807, 2.05) is 6.92 Å². The number of nitrogens with one attached hydrogen (secondary N) is 2. The van der Waals surface area contributed by atoms with Gasteiger partial charge in [-0.3, -0.25) is 4.79 Å². The van der Waals surface area contributed by atoms with Crippen molar-refractivity contribution in [2.45, 2.75) is 50.8 Å². The maximum atomic E-state index is 11.8. The van der Waals surface area contributed by atoms with Crippen LogP contribution in [-0.4, -0.2) is 55.0 Å². The lowest BCUT2D eigenvalue weighted by Gasteiger charge is -2.28. The number of methoxy groups -OCH3 is 1. The van der Waals surface area contributed by atoms with E-state index in [9.17, 15) is 14.4 Å². The van der Waals surface area contributed by atoms with Crippen LogP contribution in [0.1, 0.15) is 32.6 Å². The minimum atomic E-state index is -1.19. The lowest BCUT2D eigenvalue weighted by molar-refractivity contribution is -0.142. The molecular weight excluding hydrogens is 280 g/mol. The number of urea groups is 1. The second-order valence-corrected chi connectivity index (χ2v) is 5.03. The number of aliphatic carboxylic acids is 1. The van der Waals surface area contributed by atoms with Gasteiger partial charge in [0.15, 0.2) is 0 Å². The first kappa shape index (κ1) is 17.2. The quantitative estimate of drug-likeness (QED) is 0.606. The summed E-state index contributed by atoms with van der Waals surface area (Å²) in [6.45, 7) is 2.49. The number of amides is 2. The van der Waals surface area contributed by atoms with Crippen molar-refractivity contribution in [1.82, 2.24) is 10.6 Å². The number of esters is 1. The second kappa shape index (κ2) is 8.46. The SMILES string of the molecule is COC(=O)CC[C@H](NC(=O)NC1CCOC(C)C1)C(=O)O. The fraction of sp³-hybridized carbons (Fsp3) is 0.769. The Hall–Kier alpha value is -1.83. The first-order valence-corrected chi connectivity index (χ1v) is 6.90. The van der Waals surface area contributed by atoms with Gasteiger partial charge in [0.1, 0.15) is 6.04 Å². The molecule has 2 unspecified atom stereocenters. The summed E-state index contributed by atoms with van der Waals surface area (Å²) in [4.78, 5) is 33.9. The van der Waals surface area contributed by atoms with Crippen molar-refractivity contribution in [3.8, 4) is 0 Å². The summed E-state index contributed by atoms with van der Waals surface area (Å²) in [7, 11) is 1.23. The van der Waals surface area contributed by atoms with Crippen molar-refractivity contribution >= 4 is 18.0 Å². The summed E-state index contributed by atoms with van der Waals surface area (Å²) in [5, 5.41) is 14.1. The highest BCUT2D eigenvalue weighted by atomic mass is 16.5. The van der Waals surface area contributed by atoms with E-state index in [1.54, 1.807) is 0 Å². The van der Waals surface area contributed by atoms with Gasteiger partial charge in [-0.05, 0) is 26.2 Å². The molecule has 120 valence electrons. The van der Waals surface area contributed by atoms with Crippen LogP contribution in [0, 0.1) is 0 Å². The molecular formula is C13H22N2O6. The average molecular weight is 302 g/mol. The molecule has 8 nitrogen and oxygen atoms in total. The van der Waals surface area contributed by atoms with Gasteiger partial charge in [-0.1, -0.05) is 0 Å². The van der Waals surface area contributed by atoms with Crippen molar-refractivity contribution in [2.75, 3.05) is 13.7 Å². The molecule has 0 spiro atoms. The Morgan fingerprint density at radius 2 is 2.14 bits per heavy atom. The van der Waals surface area contributed by atoms with Gasteiger partial charge in [0, 0.05) is 19.1 Å². The number of hydrogen-bond acceptors (Lipinski definition) is 5. The molecule has 1 aliphatic heterocycles. The van der Waals surface area contributed by atoms with Crippen LogP contribution >= 0.6 is 0 Å². The highest BCUT2D eigenvalue weighted by Crippen LogP contribution is 2.13. The standard InChI is InChI=1S/C13H22N2O6/c1-8-7-9(5-6-21-8)14-13(19)15-10(12(17)18)3-4-11(16)20-2/h8-10H,3-7H2,1-2H3,(H,17,18)(H2,14,15,19)/t8?,9?,10-/m0/s1. The van der Waals surface area contributed by atoms with Gasteiger partial charge in [0.05, 0.1) is 13.2 Å². The van der Waals surface area contributed by atoms with E-state index >= 15 is 0 Å². The molecule has 8 heteroatoms. The third-order valence-corrected chi connectivity index (χ3v) is 3.29. The Morgan fingerprint density at radius 3 is 2.71 bits per heavy atom. The Morgan fingerprint density at radius 1 is 1.43 bits per heavy atom. The molecule has 0 radical (unpaired) electrons. The molecule has 21 heavy (non-hydrogen) atoms. The Balaban J connectivity index is 2.41. The molecule has 0 aromatic carbocycles. The molecule has 1 heterocycles. The van der Waals surface area contributed by atoms with E-state index in [0.29, 0.717) is 19.4 Å². The monoisotopic (exact) mass is 302 g/mol. The molecule has 0 aromatic heterocycles. The van der Waals surface area contributed by atoms with Crippen LogP contribution in [0.3, 0.4) is 0 Å². The summed E-state index contributed by atoms with van der Waals surface area (Å²) < 4.78 is 9.81. The molecule has 0 aliphatic carbocycles. The predicted molar refractivity (Wildman–Crippen MR) is 72.8 cm³/mol. The van der Waals surface area contributed by atoms with E-state index in [1.165, 1.54) is 7.11 Å². The number of ether oxygens (including phenoxy) is 2. The number of carboxylic acids is 1. The van der Waals surface area contributed by atoms with Crippen LogP contribution < -0.4 is 10.6 Å². The number of carbonyl (C=O) groups is 3. The number of hydrogen-bond donors (Lipinski definition) is 3. The second-order valence-electron chi connectivity index (χ2n) is 5.03. The Bertz CT molecular complexity index is 387. The van der Waals surface area contributed by atoms with E-state index in [-0.39, 0.29) is 25.0 Å². The zero-order valence-electron chi connectivity index (χ0n) is 12.3. The maximum absolute atomic E-state index is 11.8. The summed E-state index contributed by atoms with van der Waals surface area (Å²) in [6, 6.07) is -1.71. The number of rotatable bonds is 6. The van der Waals surface area contributed by atoms with Crippen molar-refractivity contribution < 1.29 is 29.0 Å². The van der Waals surface area contributed by atoms with E-state index < -0.39 is 24.0 Å². The highest BCUT2D eigenvalue weighted by Gasteiger charge is 2.24. The molecule has 1 aliphatic rings. The van der Waals surface area contributed by atoms with Crippen LogP contribution in [0.5, 0.6) is 0 Å². The average Bonchev–Trinajstić information content (AvgIpc) is 2.42. The molecule has 1 fully saturated rings. The summed E-state index contributed by atoms with van der Waals surface area (Å²) in [6.07, 6.45) is 1.37. The van der Waals surface area contributed by atoms with E-state index in [2.05, 4.69) is 15.4 Å². The molecule has 3 N–H and O–H groups in total. The van der Waals surface area contributed by atoms with Crippen molar-refractivity contribution in [1.29, 1.82) is 0 Å². The van der Waals surface area contributed by atoms with E-state index in [4.69, 9.17) is 9.84 Å². The fourth-order valence-electron chi connectivity index (χ4n) is 2.14. The Labute approximate surface area is 123 Å². The summed E-state index contributed by atoms with van der Waals surface area (Å²) in [5.41, 5.74) is 0. The predicted octanol–water partition coefficient (Wildman–Crippen LogP) is 0.260. The topological polar surface area (TPSA) is 114 Å². The summed E-state index contributed by atoms with van der Waals surface area (Å²) >= 11 is 0. The molecule has 0 bridgehead atoms. The minimum Gasteiger partial charge on any atom is -0.480 e. The van der Waals surface area contributed by atoms with Crippen molar-refractivity contribution in [3.05, 3.63) is 0 Å². The van der Waals surface area contributed by atoms with Gasteiger partial charge in [0.2, 0.25) is 0 Å². The van der Waals surface area contributed by atoms with Gasteiger partial charge < -0.3 is 25.2 Å². The smallest absolute Gasteiger partial charge is 0.326 e. The lowest BCUT2D eigenvalue weighted by Crippen LogP contribution is -2.50. The first-order valence-electron chi connectivity index (χ1n) is 6.90. The van der Waals surface area contributed by atoms with Crippen LogP contribution in [0.2, 0.25) is 0 Å². The van der Waals surface area contributed by atoms with Gasteiger partial charge in [-0.2, -0.15) is 0 Å². The maximum Gasteiger partial charge on any atom is 0.326 e. The van der Waals surface area contributed by atoms with Crippen molar-refractivity contribution in [2.24, 2.45) is 0 Å². The van der Waals surface area contributed by atoms with Crippen LogP contribution in [0.15, 0.2) is 0 Å². The zero-order chi connectivity index (χ0) is 15.8. The molecule has 1 saturated heterocycles. The minimum absolute atomic E-state index is 0.0143. The molecule has 3 atom stereocenters. The van der Waals surface area contributed by atoms with Gasteiger partial charge in [0.25, 0.3) is 0 Å². The fourth-order valence-corrected chi connectivity index (χ4v) is 2.14. The van der Waals surface area contributed by atoms with Crippen molar-refractivity contribution in [3.63, 3.8) is 0 Å². The largest absolute Gasteiger partial charge is 0.480 e. The van der Waals surface area contributed by atoms with Crippen LogP contribution in [0.25, 0.3) is 0 Å².